The molecular weight excluding hydrogens is 448 g/mol. The van der Waals surface area contributed by atoms with Crippen molar-refractivity contribution in [2.75, 3.05) is 26.2 Å². The summed E-state index contributed by atoms with van der Waals surface area (Å²) < 4.78 is 27.1. The van der Waals surface area contributed by atoms with Crippen LogP contribution >= 0.6 is 0 Å². The SMILES string of the molecule is N#C/C(=C/N1CCN(S(=O)(=O)c2ccccc2)CC1)C(=O)NC1CCCCCCCCCCC1. The molecule has 0 unspecified atom stereocenters. The van der Waals surface area contributed by atoms with Crippen LogP contribution in [-0.4, -0.2) is 55.8 Å². The third kappa shape index (κ3) is 7.85. The second-order valence-electron chi connectivity index (χ2n) is 9.34. The molecule has 186 valence electrons. The van der Waals surface area contributed by atoms with E-state index in [2.05, 4.69) is 11.4 Å². The van der Waals surface area contributed by atoms with E-state index in [0.717, 1.165) is 25.7 Å². The fraction of sp³-hybridized carbons (Fsp3) is 0.615. The zero-order valence-electron chi connectivity index (χ0n) is 20.1. The maximum atomic E-state index is 12.9. The van der Waals surface area contributed by atoms with Gasteiger partial charge in [0.2, 0.25) is 10.0 Å². The van der Waals surface area contributed by atoms with E-state index < -0.39 is 10.0 Å². The first-order chi connectivity index (χ1) is 16.5. The minimum Gasteiger partial charge on any atom is -0.373 e. The first-order valence-corrected chi connectivity index (χ1v) is 14.2. The summed E-state index contributed by atoms with van der Waals surface area (Å²) in [6, 6.07) is 10.6. The highest BCUT2D eigenvalue weighted by Crippen LogP contribution is 2.19. The highest BCUT2D eigenvalue weighted by atomic mass is 32.2. The van der Waals surface area contributed by atoms with Crippen molar-refractivity contribution < 1.29 is 13.2 Å². The maximum absolute atomic E-state index is 12.9. The first kappa shape index (κ1) is 26.2. The number of nitrogens with zero attached hydrogens (tertiary/aromatic N) is 3. The van der Waals surface area contributed by atoms with E-state index in [1.807, 2.05) is 4.90 Å². The van der Waals surface area contributed by atoms with E-state index in [-0.39, 0.29) is 22.4 Å². The van der Waals surface area contributed by atoms with Gasteiger partial charge in [0, 0.05) is 38.4 Å². The molecule has 0 bridgehead atoms. The van der Waals surface area contributed by atoms with Crippen molar-refractivity contribution in [2.45, 2.75) is 81.6 Å². The molecule has 1 aromatic rings. The summed E-state index contributed by atoms with van der Waals surface area (Å²) in [6.07, 6.45) is 14.6. The van der Waals surface area contributed by atoms with Gasteiger partial charge in [0.05, 0.1) is 4.90 Å². The Kier molecular flexibility index (Phi) is 10.4. The van der Waals surface area contributed by atoms with Crippen molar-refractivity contribution in [2.24, 2.45) is 0 Å². The van der Waals surface area contributed by atoms with Gasteiger partial charge in [0.1, 0.15) is 11.6 Å². The van der Waals surface area contributed by atoms with Crippen LogP contribution < -0.4 is 5.32 Å². The van der Waals surface area contributed by atoms with Crippen molar-refractivity contribution in [1.82, 2.24) is 14.5 Å². The number of hydrogen-bond acceptors (Lipinski definition) is 5. The summed E-state index contributed by atoms with van der Waals surface area (Å²) >= 11 is 0. The molecule has 7 nitrogen and oxygen atoms in total. The van der Waals surface area contributed by atoms with Crippen LogP contribution in [0.2, 0.25) is 0 Å². The number of amides is 1. The van der Waals surface area contributed by atoms with Crippen LogP contribution in [0.25, 0.3) is 0 Å². The van der Waals surface area contributed by atoms with Crippen LogP contribution in [0.15, 0.2) is 47.0 Å². The molecule has 1 saturated heterocycles. The average molecular weight is 487 g/mol. The molecule has 1 saturated carbocycles. The molecule has 0 atom stereocenters. The highest BCUT2D eigenvalue weighted by Gasteiger charge is 2.28. The normalized spacial score (nSPS) is 20.6. The molecule has 8 heteroatoms. The minimum atomic E-state index is -3.53. The first-order valence-electron chi connectivity index (χ1n) is 12.7. The number of nitriles is 1. The zero-order valence-corrected chi connectivity index (χ0v) is 20.9. The molecule has 1 aliphatic heterocycles. The van der Waals surface area contributed by atoms with Gasteiger partial charge in [-0.2, -0.15) is 9.57 Å². The van der Waals surface area contributed by atoms with Gasteiger partial charge in [-0.05, 0) is 25.0 Å². The summed E-state index contributed by atoms with van der Waals surface area (Å²) in [7, 11) is -3.53. The van der Waals surface area contributed by atoms with Gasteiger partial charge in [-0.15, -0.1) is 0 Å². The topological polar surface area (TPSA) is 93.5 Å². The van der Waals surface area contributed by atoms with E-state index >= 15 is 0 Å². The molecule has 1 heterocycles. The predicted octanol–water partition coefficient (Wildman–Crippen LogP) is 4.19. The van der Waals surface area contributed by atoms with Gasteiger partial charge >= 0.3 is 0 Å². The van der Waals surface area contributed by atoms with Gasteiger partial charge in [-0.1, -0.05) is 76.0 Å². The van der Waals surface area contributed by atoms with Gasteiger partial charge in [-0.3, -0.25) is 4.79 Å². The second-order valence-corrected chi connectivity index (χ2v) is 11.3. The zero-order chi connectivity index (χ0) is 24.2. The fourth-order valence-corrected chi connectivity index (χ4v) is 6.15. The lowest BCUT2D eigenvalue weighted by molar-refractivity contribution is -0.118. The summed E-state index contributed by atoms with van der Waals surface area (Å²) in [4.78, 5) is 15.0. The molecule has 0 aromatic heterocycles. The van der Waals surface area contributed by atoms with Crippen LogP contribution in [0.4, 0.5) is 0 Å². The van der Waals surface area contributed by atoms with Crippen LogP contribution in [0, 0.1) is 11.3 Å². The molecule has 2 aliphatic rings. The number of benzene rings is 1. The molecule has 1 amide bonds. The Morgan fingerprint density at radius 2 is 1.41 bits per heavy atom. The minimum absolute atomic E-state index is 0.0884. The second kappa shape index (κ2) is 13.5. The third-order valence-electron chi connectivity index (χ3n) is 6.77. The van der Waals surface area contributed by atoms with Gasteiger partial charge in [-0.25, -0.2) is 8.42 Å². The number of piperazine rings is 1. The Labute approximate surface area is 204 Å². The lowest BCUT2D eigenvalue weighted by Crippen LogP contribution is -2.47. The van der Waals surface area contributed by atoms with Gasteiger partial charge < -0.3 is 10.2 Å². The number of hydrogen-bond donors (Lipinski definition) is 1. The van der Waals surface area contributed by atoms with Crippen LogP contribution in [0.3, 0.4) is 0 Å². The summed E-state index contributed by atoms with van der Waals surface area (Å²) in [5.41, 5.74) is 0.0884. The average Bonchev–Trinajstić information content (AvgIpc) is 2.85. The molecule has 1 aromatic carbocycles. The van der Waals surface area contributed by atoms with E-state index in [0.29, 0.717) is 26.2 Å². The summed E-state index contributed by atoms with van der Waals surface area (Å²) in [6.45, 7) is 1.51. The Balaban J connectivity index is 1.54. The molecule has 2 fully saturated rings. The number of sulfonamides is 1. The molecule has 1 N–H and O–H groups in total. The van der Waals surface area contributed by atoms with Gasteiger partial charge in [0.25, 0.3) is 5.91 Å². The molecule has 3 rings (SSSR count). The Hall–Kier alpha value is -2.37. The smallest absolute Gasteiger partial charge is 0.263 e. The Morgan fingerprint density at radius 3 is 1.94 bits per heavy atom. The fourth-order valence-electron chi connectivity index (χ4n) is 4.71. The number of carbonyl (C=O) groups is 1. The molecule has 1 aliphatic carbocycles. The molecule has 0 spiro atoms. The Bertz CT molecular complexity index is 936. The van der Waals surface area contributed by atoms with Crippen LogP contribution in [0.5, 0.6) is 0 Å². The predicted molar refractivity (Wildman–Crippen MR) is 133 cm³/mol. The highest BCUT2D eigenvalue weighted by molar-refractivity contribution is 7.89. The van der Waals surface area contributed by atoms with E-state index in [1.54, 1.807) is 36.5 Å². The Morgan fingerprint density at radius 1 is 0.882 bits per heavy atom. The standard InChI is InChI=1S/C26H38N4O3S/c27-21-23(26(31)28-24-13-9-6-4-2-1-3-5-7-10-14-24)22-29-17-19-30(20-18-29)34(32,33)25-15-11-8-12-16-25/h8,11-12,15-16,22,24H,1-7,9-10,13-14,17-20H2,(H,28,31)/b23-22-. The van der Waals surface area contributed by atoms with E-state index in [1.165, 1.54) is 49.3 Å². The largest absolute Gasteiger partial charge is 0.373 e. The van der Waals surface area contributed by atoms with E-state index in [4.69, 9.17) is 0 Å². The number of nitrogens with one attached hydrogen (secondary N) is 1. The lowest BCUT2D eigenvalue weighted by atomic mass is 9.97. The molecule has 34 heavy (non-hydrogen) atoms. The van der Waals surface area contributed by atoms with Crippen molar-refractivity contribution in [3.8, 4) is 6.07 Å². The van der Waals surface area contributed by atoms with Crippen molar-refractivity contribution in [3.63, 3.8) is 0 Å². The third-order valence-corrected chi connectivity index (χ3v) is 8.68. The number of rotatable bonds is 5. The van der Waals surface area contributed by atoms with E-state index in [9.17, 15) is 18.5 Å². The number of carbonyl (C=O) groups excluding carboxylic acids is 1. The van der Waals surface area contributed by atoms with Crippen molar-refractivity contribution in [1.29, 1.82) is 5.26 Å². The summed E-state index contributed by atoms with van der Waals surface area (Å²) in [5, 5.41) is 12.7. The van der Waals surface area contributed by atoms with Crippen molar-refractivity contribution >= 4 is 15.9 Å². The molecular formula is C26H38N4O3S. The maximum Gasteiger partial charge on any atom is 0.263 e. The van der Waals surface area contributed by atoms with Gasteiger partial charge in [0.15, 0.2) is 0 Å². The lowest BCUT2D eigenvalue weighted by Gasteiger charge is -2.33. The summed E-state index contributed by atoms with van der Waals surface area (Å²) in [5.74, 6) is -0.320. The van der Waals surface area contributed by atoms with Crippen molar-refractivity contribution in [3.05, 3.63) is 42.1 Å². The molecule has 0 radical (unpaired) electrons. The monoisotopic (exact) mass is 486 g/mol. The van der Waals surface area contributed by atoms with Crippen LogP contribution in [-0.2, 0) is 14.8 Å². The van der Waals surface area contributed by atoms with Crippen LogP contribution in [0.1, 0.15) is 70.6 Å². The quantitative estimate of drug-likeness (QED) is 0.498.